The molecule has 17 heavy (non-hydrogen) atoms. The molecule has 2 rings (SSSR count). The molecule has 2 aliphatic carbocycles. The van der Waals surface area contributed by atoms with E-state index in [1.165, 1.54) is 51.4 Å². The van der Waals surface area contributed by atoms with Gasteiger partial charge >= 0.3 is 0 Å². The lowest BCUT2D eigenvalue weighted by molar-refractivity contribution is -0.0573. The van der Waals surface area contributed by atoms with Gasteiger partial charge in [0.2, 0.25) is 0 Å². The molecule has 0 radical (unpaired) electrons. The Kier molecular flexibility index (Phi) is 7.18. The van der Waals surface area contributed by atoms with Crippen LogP contribution in [0.5, 0.6) is 0 Å². The molecule has 0 amide bonds. The highest BCUT2D eigenvalue weighted by Crippen LogP contribution is 2.31. The van der Waals surface area contributed by atoms with Crippen molar-refractivity contribution >= 4 is 0 Å². The van der Waals surface area contributed by atoms with Crippen LogP contribution >= 0.6 is 0 Å². The van der Waals surface area contributed by atoms with Gasteiger partial charge in [0.05, 0.1) is 12.2 Å². The summed E-state index contributed by atoms with van der Waals surface area (Å²) in [6.07, 6.45) is 12.0. The maximum absolute atomic E-state index is 6.25. The average Bonchev–Trinajstić information content (AvgIpc) is 2.35. The van der Waals surface area contributed by atoms with Crippen molar-refractivity contribution in [3.8, 4) is 0 Å². The molecule has 2 saturated carbocycles. The molecule has 0 bridgehead atoms. The van der Waals surface area contributed by atoms with Gasteiger partial charge in [0.15, 0.2) is 0 Å². The predicted octanol–water partition coefficient (Wildman–Crippen LogP) is 5.19. The van der Waals surface area contributed by atoms with Crippen LogP contribution in [0.1, 0.15) is 79.1 Å². The Labute approximate surface area is 108 Å². The summed E-state index contributed by atoms with van der Waals surface area (Å²) < 4.78 is 6.25. The van der Waals surface area contributed by atoms with Crippen molar-refractivity contribution < 1.29 is 4.74 Å². The second-order valence-electron chi connectivity index (χ2n) is 5.91. The minimum Gasteiger partial charge on any atom is -0.375 e. The first-order valence-corrected chi connectivity index (χ1v) is 7.89. The average molecular weight is 240 g/mol. The van der Waals surface area contributed by atoms with Crippen molar-refractivity contribution in [2.75, 3.05) is 0 Å². The number of ether oxygens (including phenoxy) is 1. The Morgan fingerprint density at radius 1 is 0.706 bits per heavy atom. The van der Waals surface area contributed by atoms with Gasteiger partial charge in [-0.15, -0.1) is 0 Å². The lowest BCUT2D eigenvalue weighted by Crippen LogP contribution is -2.29. The Hall–Kier alpha value is -0.0400. The highest BCUT2D eigenvalue weighted by atomic mass is 16.5. The summed E-state index contributed by atoms with van der Waals surface area (Å²) in [5.41, 5.74) is 0. The molecule has 0 aliphatic heterocycles. The van der Waals surface area contributed by atoms with Gasteiger partial charge in [-0.2, -0.15) is 0 Å². The normalized spacial score (nSPS) is 38.1. The van der Waals surface area contributed by atoms with Gasteiger partial charge in [-0.3, -0.25) is 0 Å². The summed E-state index contributed by atoms with van der Waals surface area (Å²) in [6.45, 7) is 8.75. The molecule has 2 atom stereocenters. The molecule has 0 aromatic carbocycles. The zero-order chi connectivity index (χ0) is 12.7. The van der Waals surface area contributed by atoms with Crippen LogP contribution in [0, 0.1) is 11.8 Å². The first-order chi connectivity index (χ1) is 8.24. The highest BCUT2D eigenvalue weighted by Gasteiger charge is 2.25. The summed E-state index contributed by atoms with van der Waals surface area (Å²) in [5, 5.41) is 0. The van der Waals surface area contributed by atoms with Crippen LogP contribution < -0.4 is 0 Å². The second-order valence-corrected chi connectivity index (χ2v) is 5.91. The van der Waals surface area contributed by atoms with Crippen LogP contribution in [0.25, 0.3) is 0 Å². The minimum absolute atomic E-state index is 0.590. The third-order valence-electron chi connectivity index (χ3n) is 4.24. The fourth-order valence-corrected chi connectivity index (χ4v) is 3.14. The van der Waals surface area contributed by atoms with Crippen LogP contribution in [0.4, 0.5) is 0 Å². The Balaban J connectivity index is 0.000000686. The van der Waals surface area contributed by atoms with Crippen molar-refractivity contribution in [2.24, 2.45) is 11.8 Å². The van der Waals surface area contributed by atoms with E-state index in [4.69, 9.17) is 4.74 Å². The fraction of sp³-hybridized carbons (Fsp3) is 1.00. The summed E-state index contributed by atoms with van der Waals surface area (Å²) in [4.78, 5) is 0. The number of hydrogen-bond acceptors (Lipinski definition) is 1. The summed E-state index contributed by atoms with van der Waals surface area (Å²) >= 11 is 0. The predicted molar refractivity (Wildman–Crippen MR) is 75.3 cm³/mol. The Morgan fingerprint density at radius 3 is 1.94 bits per heavy atom. The van der Waals surface area contributed by atoms with Crippen molar-refractivity contribution in [1.82, 2.24) is 0 Å². The molecule has 0 spiro atoms. The molecule has 1 heteroatoms. The molecular weight excluding hydrogens is 208 g/mol. The minimum atomic E-state index is 0.590. The van der Waals surface area contributed by atoms with E-state index in [0.29, 0.717) is 12.2 Å². The largest absolute Gasteiger partial charge is 0.375 e. The van der Waals surface area contributed by atoms with E-state index in [0.717, 1.165) is 11.8 Å². The van der Waals surface area contributed by atoms with Crippen LogP contribution in [-0.2, 0) is 4.74 Å². The van der Waals surface area contributed by atoms with E-state index in [1.54, 1.807) is 0 Å². The van der Waals surface area contributed by atoms with Crippen LogP contribution in [0.2, 0.25) is 0 Å². The smallest absolute Gasteiger partial charge is 0.0581 e. The SMILES string of the molecule is CC.CC1CCC(OC2CCCC(C)C2)CC1. The van der Waals surface area contributed by atoms with E-state index in [-0.39, 0.29) is 0 Å². The quantitative estimate of drug-likeness (QED) is 0.645. The highest BCUT2D eigenvalue weighted by molar-refractivity contribution is 4.75. The molecule has 1 nitrogen and oxygen atoms in total. The lowest BCUT2D eigenvalue weighted by Gasteiger charge is -2.33. The molecule has 2 unspecified atom stereocenters. The van der Waals surface area contributed by atoms with Crippen molar-refractivity contribution in [3.63, 3.8) is 0 Å². The van der Waals surface area contributed by atoms with Gasteiger partial charge in [0, 0.05) is 0 Å². The molecular formula is C16H32O. The molecule has 0 N–H and O–H groups in total. The summed E-state index contributed by atoms with van der Waals surface area (Å²) in [6, 6.07) is 0. The topological polar surface area (TPSA) is 9.23 Å². The van der Waals surface area contributed by atoms with Crippen LogP contribution in [0.3, 0.4) is 0 Å². The molecule has 0 saturated heterocycles. The first-order valence-electron chi connectivity index (χ1n) is 7.89. The first kappa shape index (κ1) is 15.0. The van der Waals surface area contributed by atoms with Gasteiger partial charge < -0.3 is 4.74 Å². The third kappa shape index (κ3) is 5.42. The molecule has 2 fully saturated rings. The van der Waals surface area contributed by atoms with Crippen molar-refractivity contribution in [3.05, 3.63) is 0 Å². The zero-order valence-electron chi connectivity index (χ0n) is 12.4. The van der Waals surface area contributed by atoms with E-state index in [9.17, 15) is 0 Å². The molecule has 0 aromatic rings. The van der Waals surface area contributed by atoms with E-state index in [2.05, 4.69) is 13.8 Å². The molecule has 0 aromatic heterocycles. The second kappa shape index (κ2) is 8.13. The van der Waals surface area contributed by atoms with Crippen molar-refractivity contribution in [1.29, 1.82) is 0 Å². The maximum atomic E-state index is 6.25. The third-order valence-corrected chi connectivity index (χ3v) is 4.24. The van der Waals surface area contributed by atoms with Gasteiger partial charge in [-0.25, -0.2) is 0 Å². The zero-order valence-corrected chi connectivity index (χ0v) is 12.4. The van der Waals surface area contributed by atoms with Crippen LogP contribution in [-0.4, -0.2) is 12.2 Å². The van der Waals surface area contributed by atoms with Gasteiger partial charge in [-0.05, 0) is 50.4 Å². The van der Waals surface area contributed by atoms with E-state index in [1.807, 2.05) is 13.8 Å². The van der Waals surface area contributed by atoms with Crippen LogP contribution in [0.15, 0.2) is 0 Å². The van der Waals surface area contributed by atoms with E-state index < -0.39 is 0 Å². The lowest BCUT2D eigenvalue weighted by atomic mass is 9.86. The Bertz CT molecular complexity index is 182. The number of hydrogen-bond donors (Lipinski definition) is 0. The van der Waals surface area contributed by atoms with Crippen molar-refractivity contribution in [2.45, 2.75) is 91.3 Å². The standard InChI is InChI=1S/C14H26O.C2H6/c1-11-6-8-13(9-7-11)15-14-5-3-4-12(2)10-14;1-2/h11-14H,3-10H2,1-2H3;1-2H3. The van der Waals surface area contributed by atoms with Gasteiger partial charge in [-0.1, -0.05) is 40.5 Å². The molecule has 102 valence electrons. The maximum Gasteiger partial charge on any atom is 0.0581 e. The van der Waals surface area contributed by atoms with E-state index >= 15 is 0 Å². The molecule has 2 aliphatic rings. The summed E-state index contributed by atoms with van der Waals surface area (Å²) in [5.74, 6) is 1.83. The van der Waals surface area contributed by atoms with Gasteiger partial charge in [0.25, 0.3) is 0 Å². The number of rotatable bonds is 2. The fourth-order valence-electron chi connectivity index (χ4n) is 3.14. The Morgan fingerprint density at radius 2 is 1.35 bits per heavy atom. The monoisotopic (exact) mass is 240 g/mol. The van der Waals surface area contributed by atoms with Gasteiger partial charge in [0.1, 0.15) is 0 Å². The summed E-state index contributed by atoms with van der Waals surface area (Å²) in [7, 11) is 0. The molecule has 0 heterocycles.